The molecule has 0 rings (SSSR count). The molecule has 78 valence electrons. The van der Waals surface area contributed by atoms with Gasteiger partial charge in [0.2, 0.25) is 0 Å². The largest absolute Gasteiger partial charge is 0.153 e. The van der Waals surface area contributed by atoms with Crippen LogP contribution in [-0.4, -0.2) is 14.0 Å². The quantitative estimate of drug-likeness (QED) is 0.299. The molecule has 0 amide bonds. The molecular weight excluding hydrogens is 216 g/mol. The Labute approximate surface area is 94.2 Å². The van der Waals surface area contributed by atoms with E-state index in [0.717, 1.165) is 12.3 Å². The second-order valence-corrected chi connectivity index (χ2v) is 10.7. The second-order valence-electron chi connectivity index (χ2n) is 4.38. The Morgan fingerprint density at radius 1 is 1.23 bits per heavy atom. The van der Waals surface area contributed by atoms with Gasteiger partial charge in [0.25, 0.3) is 0 Å². The van der Waals surface area contributed by atoms with Crippen molar-refractivity contribution in [3.8, 4) is 0 Å². The summed E-state index contributed by atoms with van der Waals surface area (Å²) >= 11 is 10.1. The molecule has 0 radical (unpaired) electrons. The number of allylic oxidation sites excluding steroid dienone is 1. The van der Waals surface area contributed by atoms with Gasteiger partial charge in [0.15, 0.2) is 0 Å². The molecule has 0 unspecified atom stereocenters. The molecule has 0 saturated heterocycles. The van der Waals surface area contributed by atoms with Gasteiger partial charge in [-0.05, 0) is 23.8 Å². The number of rotatable bonds is 6. The van der Waals surface area contributed by atoms with E-state index in [1.807, 2.05) is 0 Å². The molecule has 0 bridgehead atoms. The van der Waals surface area contributed by atoms with Gasteiger partial charge in [-0.1, -0.05) is 32.1 Å². The minimum atomic E-state index is -1.13. The molecule has 0 saturated carbocycles. The summed E-state index contributed by atoms with van der Waals surface area (Å²) in [6, 6.07) is 0. The maximum absolute atomic E-state index is 5.59. The van der Waals surface area contributed by atoms with E-state index in [2.05, 4.69) is 38.3 Å². The Hall–Kier alpha value is 0.597. The summed E-state index contributed by atoms with van der Waals surface area (Å²) < 4.78 is 1.33. The molecule has 3 heteroatoms. The molecule has 13 heavy (non-hydrogen) atoms. The SMILES string of the molecule is C[Si](C)(C)/C(S)=C/CCCCCCl. The monoisotopic (exact) mass is 236 g/mol. The fourth-order valence-corrected chi connectivity index (χ4v) is 2.04. The topological polar surface area (TPSA) is 0 Å². The molecule has 0 heterocycles. The van der Waals surface area contributed by atoms with Crippen LogP contribution in [0.5, 0.6) is 0 Å². The third-order valence-corrected chi connectivity index (χ3v) is 6.15. The van der Waals surface area contributed by atoms with E-state index < -0.39 is 8.07 Å². The van der Waals surface area contributed by atoms with Gasteiger partial charge in [-0.15, -0.1) is 11.6 Å². The van der Waals surface area contributed by atoms with Crippen molar-refractivity contribution < 1.29 is 0 Å². The van der Waals surface area contributed by atoms with Crippen molar-refractivity contribution in [2.24, 2.45) is 0 Å². The average Bonchev–Trinajstić information content (AvgIpc) is 2.02. The fourth-order valence-electron chi connectivity index (χ4n) is 0.961. The Balaban J connectivity index is 3.60. The zero-order valence-electron chi connectivity index (χ0n) is 8.94. The highest BCUT2D eigenvalue weighted by Crippen LogP contribution is 2.19. The molecule has 0 aliphatic rings. The molecule has 0 spiro atoms. The predicted octanol–water partition coefficient (Wildman–Crippen LogP) is 4.48. The average molecular weight is 237 g/mol. The van der Waals surface area contributed by atoms with Crippen molar-refractivity contribution >= 4 is 32.3 Å². The Kier molecular flexibility index (Phi) is 7.28. The molecule has 0 N–H and O–H groups in total. The van der Waals surface area contributed by atoms with E-state index >= 15 is 0 Å². The maximum atomic E-state index is 5.59. The van der Waals surface area contributed by atoms with E-state index in [1.54, 1.807) is 0 Å². The number of halogens is 1. The van der Waals surface area contributed by atoms with Crippen LogP contribution in [0.1, 0.15) is 25.7 Å². The summed E-state index contributed by atoms with van der Waals surface area (Å²) in [5, 5.41) is 0. The zero-order valence-corrected chi connectivity index (χ0v) is 11.6. The lowest BCUT2D eigenvalue weighted by atomic mass is 10.2. The Bertz CT molecular complexity index is 161. The first-order valence-electron chi connectivity index (χ1n) is 4.94. The van der Waals surface area contributed by atoms with Gasteiger partial charge in [-0.2, -0.15) is 12.6 Å². The number of thiol groups is 1. The molecule has 0 nitrogen and oxygen atoms in total. The third-order valence-electron chi connectivity index (χ3n) is 1.94. The summed E-state index contributed by atoms with van der Waals surface area (Å²) in [6.07, 6.45) is 7.10. The van der Waals surface area contributed by atoms with Crippen molar-refractivity contribution in [1.82, 2.24) is 0 Å². The molecular formula is C10H21ClSSi. The smallest absolute Gasteiger partial charge is 0.0849 e. The molecule has 0 aromatic heterocycles. The summed E-state index contributed by atoms with van der Waals surface area (Å²) in [4.78, 5) is 0. The van der Waals surface area contributed by atoms with Crippen LogP contribution < -0.4 is 0 Å². The van der Waals surface area contributed by atoms with Crippen LogP contribution in [-0.2, 0) is 0 Å². The standard InChI is InChI=1S/C10H21ClSSi/c1-13(2,3)10(12)8-6-4-5-7-9-11/h8,12H,4-7,9H2,1-3H3/b10-8+. The van der Waals surface area contributed by atoms with E-state index in [9.17, 15) is 0 Å². The van der Waals surface area contributed by atoms with E-state index in [4.69, 9.17) is 11.6 Å². The lowest BCUT2D eigenvalue weighted by Gasteiger charge is -2.15. The van der Waals surface area contributed by atoms with Gasteiger partial charge < -0.3 is 0 Å². The summed E-state index contributed by atoms with van der Waals surface area (Å²) in [5.41, 5.74) is 0. The minimum absolute atomic E-state index is 0.797. The fraction of sp³-hybridized carbons (Fsp3) is 0.800. The first-order valence-corrected chi connectivity index (χ1v) is 9.42. The van der Waals surface area contributed by atoms with Crippen LogP contribution in [0.4, 0.5) is 0 Å². The van der Waals surface area contributed by atoms with Crippen LogP contribution in [0.3, 0.4) is 0 Å². The van der Waals surface area contributed by atoms with E-state index in [1.165, 1.54) is 23.8 Å². The van der Waals surface area contributed by atoms with Crippen LogP contribution >= 0.6 is 24.2 Å². The summed E-state index contributed by atoms with van der Waals surface area (Å²) in [7, 11) is -1.13. The highest BCUT2D eigenvalue weighted by molar-refractivity contribution is 7.87. The van der Waals surface area contributed by atoms with Crippen LogP contribution in [0.2, 0.25) is 19.6 Å². The van der Waals surface area contributed by atoms with Crippen LogP contribution in [0.15, 0.2) is 10.6 Å². The van der Waals surface area contributed by atoms with Crippen molar-refractivity contribution in [1.29, 1.82) is 0 Å². The molecule has 0 aliphatic heterocycles. The Morgan fingerprint density at radius 2 is 1.85 bits per heavy atom. The van der Waals surface area contributed by atoms with E-state index in [-0.39, 0.29) is 0 Å². The van der Waals surface area contributed by atoms with Crippen molar-refractivity contribution in [3.63, 3.8) is 0 Å². The number of hydrogen-bond donors (Lipinski definition) is 1. The van der Waals surface area contributed by atoms with Gasteiger partial charge in [-0.25, -0.2) is 0 Å². The van der Waals surface area contributed by atoms with Crippen LogP contribution in [0, 0.1) is 0 Å². The lowest BCUT2D eigenvalue weighted by Crippen LogP contribution is -2.20. The number of unbranched alkanes of at least 4 members (excludes halogenated alkanes) is 3. The van der Waals surface area contributed by atoms with Crippen molar-refractivity contribution in [3.05, 3.63) is 10.6 Å². The zero-order chi connectivity index (χ0) is 10.3. The third kappa shape index (κ3) is 7.65. The molecule has 0 aromatic rings. The van der Waals surface area contributed by atoms with Crippen molar-refractivity contribution in [2.45, 2.75) is 45.3 Å². The van der Waals surface area contributed by atoms with Crippen molar-refractivity contribution in [2.75, 3.05) is 5.88 Å². The first-order chi connectivity index (χ1) is 5.98. The highest BCUT2D eigenvalue weighted by atomic mass is 35.5. The second kappa shape index (κ2) is 6.96. The summed E-state index contributed by atoms with van der Waals surface area (Å²) in [6.45, 7) is 6.97. The molecule has 0 atom stereocenters. The summed E-state index contributed by atoms with van der Waals surface area (Å²) in [5.74, 6) is 0.797. The normalized spacial score (nSPS) is 13.5. The van der Waals surface area contributed by atoms with Gasteiger partial charge in [0, 0.05) is 5.88 Å². The van der Waals surface area contributed by atoms with Crippen LogP contribution in [0.25, 0.3) is 0 Å². The van der Waals surface area contributed by atoms with E-state index in [0.29, 0.717) is 0 Å². The Morgan fingerprint density at radius 3 is 2.31 bits per heavy atom. The number of hydrogen-bond acceptors (Lipinski definition) is 1. The van der Waals surface area contributed by atoms with Gasteiger partial charge in [0.05, 0.1) is 8.07 Å². The lowest BCUT2D eigenvalue weighted by molar-refractivity contribution is 0.732. The minimum Gasteiger partial charge on any atom is -0.153 e. The molecule has 0 aromatic carbocycles. The number of alkyl halides is 1. The first kappa shape index (κ1) is 13.6. The van der Waals surface area contributed by atoms with Gasteiger partial charge in [-0.3, -0.25) is 0 Å². The van der Waals surface area contributed by atoms with Gasteiger partial charge in [0.1, 0.15) is 0 Å². The highest BCUT2D eigenvalue weighted by Gasteiger charge is 2.15. The molecule has 0 fully saturated rings. The van der Waals surface area contributed by atoms with Gasteiger partial charge >= 0.3 is 0 Å². The molecule has 0 aliphatic carbocycles. The predicted molar refractivity (Wildman–Crippen MR) is 69.6 cm³/mol. The maximum Gasteiger partial charge on any atom is 0.0849 e.